The molecule has 9 rings (SSSR count). The number of rotatable bonds is 11. The van der Waals surface area contributed by atoms with Crippen LogP contribution in [0.15, 0.2) is 0 Å². The summed E-state index contributed by atoms with van der Waals surface area (Å²) in [5.41, 5.74) is -5.46. The van der Waals surface area contributed by atoms with Crippen molar-refractivity contribution < 1.29 is 43.2 Å². The molecule has 5 unspecified atom stereocenters. The fourth-order valence-corrected chi connectivity index (χ4v) is 12.5. The third-order valence-corrected chi connectivity index (χ3v) is 14.4. The smallest absolute Gasteiger partial charge is 0.347 e. The fourth-order valence-electron chi connectivity index (χ4n) is 12.5. The van der Waals surface area contributed by atoms with Gasteiger partial charge in [-0.1, -0.05) is 6.92 Å². The summed E-state index contributed by atoms with van der Waals surface area (Å²) in [5.74, 6) is 0.941. The Kier molecular flexibility index (Phi) is 8.17. The molecule has 0 amide bonds. The van der Waals surface area contributed by atoms with E-state index in [1.165, 1.54) is 6.42 Å². The van der Waals surface area contributed by atoms with Crippen LogP contribution in [-0.4, -0.2) is 58.5 Å². The lowest BCUT2D eigenvalue weighted by molar-refractivity contribution is -0.227. The van der Waals surface area contributed by atoms with E-state index in [9.17, 15) is 24.3 Å². The summed E-state index contributed by atoms with van der Waals surface area (Å²) in [4.78, 5) is 55.0. The lowest BCUT2D eigenvalue weighted by atomic mass is 9.50. The van der Waals surface area contributed by atoms with Gasteiger partial charge in [0.25, 0.3) is 0 Å². The number of hydrogen-bond acceptors (Lipinski definition) is 9. The zero-order chi connectivity index (χ0) is 34.5. The SMILES string of the molecule is CCC(C)(CC(C)(CC(C)(C)C(=O)OC12CC3CC(CC(O)(C3)C1)C2)C(=O)OC1(C)C2CC3CC(C2)CC1C3)C(=O)OC1CCOC1=O. The van der Waals surface area contributed by atoms with Crippen molar-refractivity contribution in [3.8, 4) is 0 Å². The largest absolute Gasteiger partial charge is 0.463 e. The Hall–Kier alpha value is -2.16. The monoisotopic (exact) mass is 670 g/mol. The molecule has 8 saturated carbocycles. The van der Waals surface area contributed by atoms with E-state index < -0.39 is 51.1 Å². The first-order valence-electron chi connectivity index (χ1n) is 18.9. The molecule has 9 heteroatoms. The summed E-state index contributed by atoms with van der Waals surface area (Å²) in [6.07, 6.45) is 10.2. The van der Waals surface area contributed by atoms with Gasteiger partial charge in [-0.2, -0.15) is 0 Å². The van der Waals surface area contributed by atoms with E-state index in [4.69, 9.17) is 18.9 Å². The van der Waals surface area contributed by atoms with Crippen LogP contribution in [0.2, 0.25) is 0 Å². The first kappa shape index (κ1) is 34.3. The highest BCUT2D eigenvalue weighted by Gasteiger charge is 2.62. The molecule has 9 aliphatic rings. The fraction of sp³-hybridized carbons (Fsp3) is 0.897. The summed E-state index contributed by atoms with van der Waals surface area (Å²) in [7, 11) is 0. The summed E-state index contributed by atoms with van der Waals surface area (Å²) >= 11 is 0. The molecule has 8 aliphatic carbocycles. The van der Waals surface area contributed by atoms with Crippen LogP contribution in [0.25, 0.3) is 0 Å². The van der Waals surface area contributed by atoms with Crippen LogP contribution in [0.4, 0.5) is 0 Å². The highest BCUT2D eigenvalue weighted by molar-refractivity contribution is 5.85. The molecular formula is C39H58O9. The molecule has 8 bridgehead atoms. The second kappa shape index (κ2) is 11.4. The molecule has 0 aromatic carbocycles. The average Bonchev–Trinajstić information content (AvgIpc) is 3.37. The minimum Gasteiger partial charge on any atom is -0.463 e. The van der Waals surface area contributed by atoms with Crippen LogP contribution in [0.1, 0.15) is 138 Å². The van der Waals surface area contributed by atoms with Gasteiger partial charge in [-0.25, -0.2) is 4.79 Å². The van der Waals surface area contributed by atoms with Crippen LogP contribution in [0.3, 0.4) is 0 Å². The minimum atomic E-state index is -1.24. The minimum absolute atomic E-state index is 0.0956. The molecule has 0 aromatic rings. The number of carbonyl (C=O) groups excluding carboxylic acids is 4. The van der Waals surface area contributed by atoms with E-state index in [1.807, 2.05) is 27.7 Å². The Bertz CT molecular complexity index is 1310. The van der Waals surface area contributed by atoms with E-state index in [0.717, 1.165) is 57.8 Å². The van der Waals surface area contributed by atoms with Crippen molar-refractivity contribution in [2.75, 3.05) is 6.61 Å². The molecule has 0 aromatic heterocycles. The topological polar surface area (TPSA) is 125 Å². The standard InChI is InChI=1S/C39H58O9/c1-7-35(4,32(42)46-29-8-9-45-30(29)40)21-36(5,33(43)47-37(6)27-12-23-10-24(14-27)15-28(37)13-23)20-34(2,3)31(41)48-39-18-25-11-26(19-39)17-38(44,16-25)22-39/h23-29,44H,7-22H2,1-6H3. The molecule has 9 nitrogen and oxygen atoms in total. The van der Waals surface area contributed by atoms with E-state index in [0.29, 0.717) is 54.8 Å². The summed E-state index contributed by atoms with van der Waals surface area (Å²) in [6, 6.07) is 0. The molecule has 1 saturated heterocycles. The summed E-state index contributed by atoms with van der Waals surface area (Å²) in [6.45, 7) is 11.5. The maximum atomic E-state index is 14.8. The van der Waals surface area contributed by atoms with Gasteiger partial charge >= 0.3 is 23.9 Å². The average molecular weight is 671 g/mol. The zero-order valence-corrected chi connectivity index (χ0v) is 30.1. The number of carbonyl (C=O) groups is 4. The molecule has 1 aliphatic heterocycles. The Morgan fingerprint density at radius 1 is 0.792 bits per heavy atom. The van der Waals surface area contributed by atoms with Crippen molar-refractivity contribution in [1.82, 2.24) is 0 Å². The molecule has 0 spiro atoms. The Morgan fingerprint density at radius 2 is 1.38 bits per heavy atom. The molecule has 9 fully saturated rings. The van der Waals surface area contributed by atoms with Crippen LogP contribution < -0.4 is 0 Å². The number of aliphatic hydroxyl groups is 1. The Labute approximate surface area is 285 Å². The lowest BCUT2D eigenvalue weighted by Crippen LogP contribution is -2.61. The molecule has 5 atom stereocenters. The number of hydrogen-bond donors (Lipinski definition) is 1. The van der Waals surface area contributed by atoms with E-state index in [1.54, 1.807) is 6.92 Å². The molecule has 1 heterocycles. The summed E-state index contributed by atoms with van der Waals surface area (Å²) in [5, 5.41) is 11.3. The van der Waals surface area contributed by atoms with Gasteiger partial charge in [-0.3, -0.25) is 14.4 Å². The van der Waals surface area contributed by atoms with Gasteiger partial charge in [0.15, 0.2) is 0 Å². The number of ether oxygens (including phenoxy) is 4. The highest BCUT2D eigenvalue weighted by Crippen LogP contribution is 2.61. The van der Waals surface area contributed by atoms with Crippen molar-refractivity contribution in [3.63, 3.8) is 0 Å². The summed E-state index contributed by atoms with van der Waals surface area (Å²) < 4.78 is 23.9. The number of cyclic esters (lactones) is 1. The first-order chi connectivity index (χ1) is 22.4. The quantitative estimate of drug-likeness (QED) is 0.195. The third kappa shape index (κ3) is 5.89. The highest BCUT2D eigenvalue weighted by atomic mass is 16.6. The van der Waals surface area contributed by atoms with Gasteiger partial charge in [0, 0.05) is 12.8 Å². The van der Waals surface area contributed by atoms with Crippen molar-refractivity contribution in [1.29, 1.82) is 0 Å². The molecule has 48 heavy (non-hydrogen) atoms. The second-order valence-electron chi connectivity index (χ2n) is 19.2. The predicted molar refractivity (Wildman–Crippen MR) is 175 cm³/mol. The van der Waals surface area contributed by atoms with Crippen molar-refractivity contribution in [2.45, 2.75) is 161 Å². The van der Waals surface area contributed by atoms with Gasteiger partial charge in [-0.05, 0) is 154 Å². The number of esters is 4. The zero-order valence-electron chi connectivity index (χ0n) is 30.1. The van der Waals surface area contributed by atoms with Crippen LogP contribution in [0.5, 0.6) is 0 Å². The lowest BCUT2D eigenvalue weighted by Gasteiger charge is -2.60. The van der Waals surface area contributed by atoms with E-state index in [2.05, 4.69) is 6.92 Å². The normalized spacial score (nSPS) is 43.3. The van der Waals surface area contributed by atoms with Crippen molar-refractivity contribution in [3.05, 3.63) is 0 Å². The van der Waals surface area contributed by atoms with Crippen molar-refractivity contribution >= 4 is 23.9 Å². The van der Waals surface area contributed by atoms with Gasteiger partial charge in [0.2, 0.25) is 6.10 Å². The molecule has 1 N–H and O–H groups in total. The van der Waals surface area contributed by atoms with Gasteiger partial charge < -0.3 is 24.1 Å². The van der Waals surface area contributed by atoms with Gasteiger partial charge in [0.05, 0.1) is 28.5 Å². The molecule has 0 radical (unpaired) electrons. The van der Waals surface area contributed by atoms with Crippen LogP contribution >= 0.6 is 0 Å². The van der Waals surface area contributed by atoms with Gasteiger partial charge in [-0.15, -0.1) is 0 Å². The first-order valence-corrected chi connectivity index (χ1v) is 18.9. The maximum Gasteiger partial charge on any atom is 0.347 e. The Morgan fingerprint density at radius 3 is 1.90 bits per heavy atom. The van der Waals surface area contributed by atoms with Crippen LogP contribution in [0, 0.1) is 51.8 Å². The third-order valence-electron chi connectivity index (χ3n) is 14.4. The van der Waals surface area contributed by atoms with E-state index >= 15 is 0 Å². The van der Waals surface area contributed by atoms with Gasteiger partial charge in [0.1, 0.15) is 11.2 Å². The van der Waals surface area contributed by atoms with Crippen LogP contribution in [-0.2, 0) is 38.1 Å². The molecule has 268 valence electrons. The maximum absolute atomic E-state index is 14.8. The van der Waals surface area contributed by atoms with E-state index in [-0.39, 0.29) is 31.4 Å². The predicted octanol–water partition coefficient (Wildman–Crippen LogP) is 6.46. The molecular weight excluding hydrogens is 612 g/mol. The van der Waals surface area contributed by atoms with Crippen molar-refractivity contribution in [2.24, 2.45) is 51.8 Å². The second-order valence-corrected chi connectivity index (χ2v) is 19.2. The Balaban J connectivity index is 1.14.